The van der Waals surface area contributed by atoms with E-state index in [1.165, 1.54) is 36.9 Å². The van der Waals surface area contributed by atoms with Crippen LogP contribution in [0.2, 0.25) is 0 Å². The molecule has 1 aromatic rings. The summed E-state index contributed by atoms with van der Waals surface area (Å²) in [5.41, 5.74) is 2.53. The van der Waals surface area contributed by atoms with Crippen LogP contribution in [0.3, 0.4) is 0 Å². The van der Waals surface area contributed by atoms with E-state index in [-0.39, 0.29) is 0 Å². The third-order valence-electron chi connectivity index (χ3n) is 3.11. The summed E-state index contributed by atoms with van der Waals surface area (Å²) >= 11 is 0. The molecule has 1 saturated heterocycles. The minimum atomic E-state index is 0.528. The predicted octanol–water partition coefficient (Wildman–Crippen LogP) is 3.37. The molecule has 2 rings (SSSR count). The Bertz CT molecular complexity index is 301. The fourth-order valence-electron chi connectivity index (χ4n) is 2.11. The number of ether oxygens (including phenoxy) is 1. The van der Waals surface area contributed by atoms with E-state index in [4.69, 9.17) is 4.74 Å². The Morgan fingerprint density at radius 2 is 2.12 bits per heavy atom. The van der Waals surface area contributed by atoms with Gasteiger partial charge in [0.15, 0.2) is 0 Å². The molecule has 1 heterocycles. The number of aryl methyl sites for hydroxylation is 1. The van der Waals surface area contributed by atoms with E-state index in [0.29, 0.717) is 6.10 Å². The zero-order chi connectivity index (χ0) is 11.2. The maximum atomic E-state index is 5.59. The summed E-state index contributed by atoms with van der Waals surface area (Å²) in [6.07, 6.45) is 5.41. The van der Waals surface area contributed by atoms with Crippen molar-refractivity contribution in [2.45, 2.75) is 38.7 Å². The Hall–Kier alpha value is -1.02. The molecule has 1 unspecified atom stereocenters. The molecule has 0 saturated carbocycles. The summed E-state index contributed by atoms with van der Waals surface area (Å²) in [5, 5.41) is 3.44. The number of hydrogen-bond acceptors (Lipinski definition) is 2. The maximum Gasteiger partial charge on any atom is 0.0576 e. The van der Waals surface area contributed by atoms with Gasteiger partial charge >= 0.3 is 0 Å². The molecule has 88 valence electrons. The first-order valence-electron chi connectivity index (χ1n) is 6.27. The summed E-state index contributed by atoms with van der Waals surface area (Å²) in [7, 11) is 0. The van der Waals surface area contributed by atoms with Crippen molar-refractivity contribution in [3.05, 3.63) is 29.8 Å². The van der Waals surface area contributed by atoms with Crippen LogP contribution in [0.15, 0.2) is 24.3 Å². The average molecular weight is 219 g/mol. The summed E-state index contributed by atoms with van der Waals surface area (Å²) in [6.45, 7) is 4.13. The lowest BCUT2D eigenvalue weighted by molar-refractivity contribution is 0.103. The van der Waals surface area contributed by atoms with E-state index in [0.717, 1.165) is 13.2 Å². The topological polar surface area (TPSA) is 21.3 Å². The fraction of sp³-hybridized carbons (Fsp3) is 0.571. The summed E-state index contributed by atoms with van der Waals surface area (Å²) in [6, 6.07) is 8.56. The first-order chi connectivity index (χ1) is 7.84. The lowest BCUT2D eigenvalue weighted by Crippen LogP contribution is -2.08. The van der Waals surface area contributed by atoms with E-state index >= 15 is 0 Å². The zero-order valence-electron chi connectivity index (χ0n) is 10.0. The second kappa shape index (κ2) is 5.90. The van der Waals surface area contributed by atoms with Crippen LogP contribution < -0.4 is 5.32 Å². The van der Waals surface area contributed by atoms with Crippen molar-refractivity contribution in [1.82, 2.24) is 0 Å². The van der Waals surface area contributed by atoms with Gasteiger partial charge in [-0.1, -0.05) is 17.7 Å². The molecule has 2 heteroatoms. The van der Waals surface area contributed by atoms with E-state index in [2.05, 4.69) is 36.5 Å². The molecular weight excluding hydrogens is 198 g/mol. The van der Waals surface area contributed by atoms with Crippen LogP contribution in [-0.2, 0) is 4.74 Å². The van der Waals surface area contributed by atoms with Crippen molar-refractivity contribution >= 4 is 5.69 Å². The maximum absolute atomic E-state index is 5.59. The van der Waals surface area contributed by atoms with Crippen LogP contribution in [0, 0.1) is 6.92 Å². The molecule has 1 fully saturated rings. The van der Waals surface area contributed by atoms with Gasteiger partial charge in [-0.25, -0.2) is 0 Å². The van der Waals surface area contributed by atoms with Crippen LogP contribution in [-0.4, -0.2) is 19.3 Å². The number of anilines is 1. The van der Waals surface area contributed by atoms with E-state index in [9.17, 15) is 0 Å². The van der Waals surface area contributed by atoms with Crippen molar-refractivity contribution in [3.63, 3.8) is 0 Å². The van der Waals surface area contributed by atoms with Gasteiger partial charge in [0.05, 0.1) is 6.10 Å². The number of hydrogen-bond donors (Lipinski definition) is 1. The van der Waals surface area contributed by atoms with Crippen molar-refractivity contribution in [2.75, 3.05) is 18.5 Å². The lowest BCUT2D eigenvalue weighted by atomic mass is 10.1. The third kappa shape index (κ3) is 3.53. The molecule has 0 bridgehead atoms. The Balaban J connectivity index is 1.62. The van der Waals surface area contributed by atoms with Gasteiger partial charge in [-0.05, 0) is 44.7 Å². The van der Waals surface area contributed by atoms with Gasteiger partial charge in [-0.3, -0.25) is 0 Å². The molecule has 1 aliphatic rings. The zero-order valence-corrected chi connectivity index (χ0v) is 10.0. The summed E-state index contributed by atoms with van der Waals surface area (Å²) in [4.78, 5) is 0. The Kier molecular flexibility index (Phi) is 4.23. The van der Waals surface area contributed by atoms with Gasteiger partial charge in [0.25, 0.3) is 0 Å². The molecule has 0 spiro atoms. The van der Waals surface area contributed by atoms with Crippen LogP contribution in [0.5, 0.6) is 0 Å². The highest BCUT2D eigenvalue weighted by Gasteiger charge is 2.14. The summed E-state index contributed by atoms with van der Waals surface area (Å²) < 4.78 is 5.59. The molecule has 1 N–H and O–H groups in total. The Morgan fingerprint density at radius 1 is 1.31 bits per heavy atom. The minimum Gasteiger partial charge on any atom is -0.385 e. The highest BCUT2D eigenvalue weighted by atomic mass is 16.5. The quantitative estimate of drug-likeness (QED) is 0.767. The molecule has 0 radical (unpaired) electrons. The fourth-order valence-corrected chi connectivity index (χ4v) is 2.11. The Morgan fingerprint density at radius 3 is 2.81 bits per heavy atom. The van der Waals surface area contributed by atoms with Gasteiger partial charge in [0.1, 0.15) is 0 Å². The summed E-state index contributed by atoms with van der Waals surface area (Å²) in [5.74, 6) is 0. The molecule has 0 amide bonds. The van der Waals surface area contributed by atoms with Gasteiger partial charge < -0.3 is 10.1 Å². The molecule has 0 aromatic heterocycles. The minimum absolute atomic E-state index is 0.528. The molecule has 2 nitrogen and oxygen atoms in total. The van der Waals surface area contributed by atoms with Gasteiger partial charge in [0.2, 0.25) is 0 Å². The van der Waals surface area contributed by atoms with Crippen molar-refractivity contribution in [3.8, 4) is 0 Å². The molecule has 1 aliphatic heterocycles. The molecule has 1 atom stereocenters. The van der Waals surface area contributed by atoms with Gasteiger partial charge in [0, 0.05) is 18.8 Å². The number of benzene rings is 1. The van der Waals surface area contributed by atoms with Crippen molar-refractivity contribution in [2.24, 2.45) is 0 Å². The second-order valence-electron chi connectivity index (χ2n) is 4.57. The van der Waals surface area contributed by atoms with E-state index < -0.39 is 0 Å². The molecular formula is C14H21NO. The molecule has 0 aliphatic carbocycles. The average Bonchev–Trinajstić information content (AvgIpc) is 2.80. The SMILES string of the molecule is Cc1ccc(NCCCC2CCCO2)cc1. The lowest BCUT2D eigenvalue weighted by Gasteiger charge is -2.10. The number of nitrogens with one attached hydrogen (secondary N) is 1. The second-order valence-corrected chi connectivity index (χ2v) is 4.57. The van der Waals surface area contributed by atoms with Crippen molar-refractivity contribution < 1.29 is 4.74 Å². The van der Waals surface area contributed by atoms with Crippen LogP contribution in [0.1, 0.15) is 31.2 Å². The molecule has 16 heavy (non-hydrogen) atoms. The van der Waals surface area contributed by atoms with E-state index in [1.807, 2.05) is 0 Å². The monoisotopic (exact) mass is 219 g/mol. The first kappa shape index (κ1) is 11.5. The van der Waals surface area contributed by atoms with Crippen molar-refractivity contribution in [1.29, 1.82) is 0 Å². The van der Waals surface area contributed by atoms with Crippen LogP contribution >= 0.6 is 0 Å². The largest absolute Gasteiger partial charge is 0.385 e. The Labute approximate surface area is 98.0 Å². The van der Waals surface area contributed by atoms with Crippen LogP contribution in [0.4, 0.5) is 5.69 Å². The number of rotatable bonds is 5. The highest BCUT2D eigenvalue weighted by molar-refractivity contribution is 5.44. The predicted molar refractivity (Wildman–Crippen MR) is 67.9 cm³/mol. The van der Waals surface area contributed by atoms with E-state index in [1.54, 1.807) is 0 Å². The van der Waals surface area contributed by atoms with Crippen LogP contribution in [0.25, 0.3) is 0 Å². The smallest absolute Gasteiger partial charge is 0.0576 e. The normalized spacial score (nSPS) is 19.9. The third-order valence-corrected chi connectivity index (χ3v) is 3.11. The first-order valence-corrected chi connectivity index (χ1v) is 6.27. The molecule has 1 aromatic carbocycles. The van der Waals surface area contributed by atoms with Gasteiger partial charge in [-0.15, -0.1) is 0 Å². The van der Waals surface area contributed by atoms with Gasteiger partial charge in [-0.2, -0.15) is 0 Å². The highest BCUT2D eigenvalue weighted by Crippen LogP contribution is 2.17. The standard InChI is InChI=1S/C14H21NO/c1-12-6-8-13(9-7-12)15-10-2-4-14-5-3-11-16-14/h6-9,14-15H,2-5,10-11H2,1H3.